The number of anilines is 2. The summed E-state index contributed by atoms with van der Waals surface area (Å²) in [5, 5.41) is 6.17. The molecule has 0 saturated carbocycles. The van der Waals surface area contributed by atoms with Gasteiger partial charge in [0, 0.05) is 22.9 Å². The lowest BCUT2D eigenvalue weighted by molar-refractivity contribution is -0.123. The van der Waals surface area contributed by atoms with Crippen molar-refractivity contribution in [2.45, 2.75) is 23.2 Å². The summed E-state index contributed by atoms with van der Waals surface area (Å²) < 4.78 is 0. The Labute approximate surface area is 181 Å². The van der Waals surface area contributed by atoms with Crippen molar-refractivity contribution in [3.8, 4) is 0 Å². The number of nitrogens with zero attached hydrogens (tertiary/aromatic N) is 1. The van der Waals surface area contributed by atoms with Gasteiger partial charge in [0.05, 0.1) is 11.5 Å². The van der Waals surface area contributed by atoms with Crippen LogP contribution in [0.4, 0.5) is 11.5 Å². The number of carbonyl (C=O) groups excluding carboxylic acids is 2. The lowest BCUT2D eigenvalue weighted by Gasteiger charge is -2.23. The van der Waals surface area contributed by atoms with Gasteiger partial charge in [-0.3, -0.25) is 14.4 Å². The van der Waals surface area contributed by atoms with Gasteiger partial charge in [0.25, 0.3) is 5.56 Å². The zero-order valence-corrected chi connectivity index (χ0v) is 17.2. The Balaban J connectivity index is 1.58. The number of nitrogens with one attached hydrogen (secondary N) is 3. The Morgan fingerprint density at radius 3 is 2.73 bits per heavy atom. The zero-order chi connectivity index (χ0) is 21.1. The van der Waals surface area contributed by atoms with Crippen LogP contribution in [-0.4, -0.2) is 21.8 Å². The highest BCUT2D eigenvalue weighted by atomic mass is 35.5. The zero-order valence-electron chi connectivity index (χ0n) is 15.6. The van der Waals surface area contributed by atoms with Crippen molar-refractivity contribution in [1.82, 2.24) is 9.97 Å². The maximum Gasteiger partial charge on any atom is 0.257 e. The first-order chi connectivity index (χ1) is 14.5. The quantitative estimate of drug-likeness (QED) is 0.413. The molecule has 4 rings (SSSR count). The third-order valence-electron chi connectivity index (χ3n) is 4.56. The van der Waals surface area contributed by atoms with Gasteiger partial charge in [-0.25, -0.2) is 4.98 Å². The monoisotopic (exact) mass is 440 g/mol. The third kappa shape index (κ3) is 4.55. The maximum absolute atomic E-state index is 12.8. The van der Waals surface area contributed by atoms with E-state index < -0.39 is 17.4 Å². The average Bonchev–Trinajstić information content (AvgIpc) is 2.72. The van der Waals surface area contributed by atoms with Gasteiger partial charge in [-0.15, -0.1) is 0 Å². The first kappa shape index (κ1) is 20.2. The lowest BCUT2D eigenvalue weighted by atomic mass is 9.92. The van der Waals surface area contributed by atoms with Crippen LogP contribution in [0.3, 0.4) is 0 Å². The van der Waals surface area contributed by atoms with Crippen LogP contribution in [-0.2, 0) is 15.3 Å². The molecule has 2 aromatic carbocycles. The molecule has 30 heavy (non-hydrogen) atoms. The Bertz CT molecular complexity index is 1170. The van der Waals surface area contributed by atoms with E-state index in [4.69, 9.17) is 11.6 Å². The van der Waals surface area contributed by atoms with Crippen LogP contribution in [0.1, 0.15) is 23.5 Å². The number of fused-ring (bicyclic) bond motifs is 1. The minimum atomic E-state index is -0.947. The molecule has 3 aromatic rings. The predicted molar refractivity (Wildman–Crippen MR) is 117 cm³/mol. The molecule has 1 aromatic heterocycles. The summed E-state index contributed by atoms with van der Waals surface area (Å²) in [6.45, 7) is 0. The molecule has 3 N–H and O–H groups in total. The minimum absolute atomic E-state index is 0.122. The molecule has 0 saturated heterocycles. The first-order valence-electron chi connectivity index (χ1n) is 9.17. The molecule has 0 fully saturated rings. The van der Waals surface area contributed by atoms with Gasteiger partial charge >= 0.3 is 0 Å². The van der Waals surface area contributed by atoms with E-state index in [1.165, 1.54) is 11.8 Å². The van der Waals surface area contributed by atoms with Crippen LogP contribution < -0.4 is 16.2 Å². The van der Waals surface area contributed by atoms with E-state index in [1.54, 1.807) is 24.3 Å². The van der Waals surface area contributed by atoms with Crippen molar-refractivity contribution >= 4 is 46.7 Å². The van der Waals surface area contributed by atoms with Gasteiger partial charge in [-0.2, -0.15) is 0 Å². The summed E-state index contributed by atoms with van der Waals surface area (Å²) in [4.78, 5) is 44.8. The number of rotatable bonds is 5. The number of amides is 2. The fourth-order valence-corrected chi connectivity index (χ4v) is 4.17. The van der Waals surface area contributed by atoms with E-state index in [2.05, 4.69) is 20.6 Å². The molecule has 1 aliphatic rings. The number of carbonyl (C=O) groups is 2. The van der Waals surface area contributed by atoms with E-state index in [1.807, 2.05) is 30.3 Å². The topological polar surface area (TPSA) is 104 Å². The lowest BCUT2D eigenvalue weighted by Crippen LogP contribution is -2.36. The van der Waals surface area contributed by atoms with Gasteiger partial charge < -0.3 is 15.6 Å². The van der Waals surface area contributed by atoms with Crippen molar-refractivity contribution in [3.05, 3.63) is 81.1 Å². The number of benzene rings is 2. The highest BCUT2D eigenvalue weighted by Gasteiger charge is 2.34. The molecule has 7 nitrogen and oxygen atoms in total. The minimum Gasteiger partial charge on any atom is -0.325 e. The van der Waals surface area contributed by atoms with Crippen LogP contribution in [0.2, 0.25) is 5.02 Å². The second-order valence-corrected chi connectivity index (χ2v) is 8.11. The molecule has 1 unspecified atom stereocenters. The van der Waals surface area contributed by atoms with E-state index in [-0.39, 0.29) is 23.7 Å². The third-order valence-corrected chi connectivity index (χ3v) is 5.74. The molecule has 1 atom stereocenters. The molecule has 0 radical (unpaired) electrons. The number of aromatic nitrogens is 2. The van der Waals surface area contributed by atoms with Crippen molar-refractivity contribution in [1.29, 1.82) is 0 Å². The number of H-pyrrole nitrogens is 1. The van der Waals surface area contributed by atoms with E-state index >= 15 is 0 Å². The molecule has 2 heterocycles. The molecular weight excluding hydrogens is 424 g/mol. The maximum atomic E-state index is 12.8. The number of thioether (sulfide) groups is 1. The largest absolute Gasteiger partial charge is 0.325 e. The summed E-state index contributed by atoms with van der Waals surface area (Å²) >= 11 is 7.29. The fraction of sp³-hybridized carbons (Fsp3) is 0.143. The molecule has 0 bridgehead atoms. The molecule has 0 aliphatic carbocycles. The van der Waals surface area contributed by atoms with Gasteiger partial charge in [0.1, 0.15) is 5.82 Å². The van der Waals surface area contributed by atoms with Crippen LogP contribution in [0.5, 0.6) is 0 Å². The predicted octanol–water partition coefficient (Wildman–Crippen LogP) is 3.78. The normalized spacial score (nSPS) is 15.2. The number of hydrogen-bond donors (Lipinski definition) is 3. The average molecular weight is 441 g/mol. The molecule has 0 spiro atoms. The number of hydrogen-bond acceptors (Lipinski definition) is 5. The molecule has 152 valence electrons. The van der Waals surface area contributed by atoms with Crippen LogP contribution in [0.25, 0.3) is 0 Å². The van der Waals surface area contributed by atoms with E-state index in [0.29, 0.717) is 21.6 Å². The SMILES string of the molecule is O=C1CC(C(=O)Nc2cccc(Cl)c2)c2c(nc(SCc3ccccc3)[nH]c2=O)N1. The molecular formula is C21H17ClN4O3S. The molecule has 2 amide bonds. The first-order valence-corrected chi connectivity index (χ1v) is 10.5. The van der Waals surface area contributed by atoms with E-state index in [0.717, 1.165) is 5.56 Å². The fourth-order valence-electron chi connectivity index (χ4n) is 3.16. The van der Waals surface area contributed by atoms with Gasteiger partial charge in [-0.1, -0.05) is 59.8 Å². The van der Waals surface area contributed by atoms with Crippen molar-refractivity contribution in [3.63, 3.8) is 0 Å². The van der Waals surface area contributed by atoms with E-state index in [9.17, 15) is 14.4 Å². The summed E-state index contributed by atoms with van der Waals surface area (Å²) in [6.07, 6.45) is -0.138. The Morgan fingerprint density at radius 2 is 1.97 bits per heavy atom. The highest BCUT2D eigenvalue weighted by molar-refractivity contribution is 7.98. The molecule has 9 heteroatoms. The summed E-state index contributed by atoms with van der Waals surface area (Å²) in [5.74, 6) is -1.06. The summed E-state index contributed by atoms with van der Waals surface area (Å²) in [5.41, 5.74) is 1.27. The van der Waals surface area contributed by atoms with Gasteiger partial charge in [-0.05, 0) is 23.8 Å². The van der Waals surface area contributed by atoms with Crippen molar-refractivity contribution in [2.75, 3.05) is 10.6 Å². The Kier molecular flexibility index (Phi) is 5.87. The Hall–Kier alpha value is -3.10. The second-order valence-electron chi connectivity index (χ2n) is 6.71. The number of halogens is 1. The van der Waals surface area contributed by atoms with Crippen LogP contribution >= 0.6 is 23.4 Å². The summed E-state index contributed by atoms with van der Waals surface area (Å²) in [6, 6.07) is 16.4. The smallest absolute Gasteiger partial charge is 0.257 e. The van der Waals surface area contributed by atoms with Gasteiger partial charge in [0.2, 0.25) is 11.8 Å². The second kappa shape index (κ2) is 8.73. The van der Waals surface area contributed by atoms with Crippen molar-refractivity contribution < 1.29 is 9.59 Å². The van der Waals surface area contributed by atoms with Crippen LogP contribution in [0, 0.1) is 0 Å². The van der Waals surface area contributed by atoms with Crippen molar-refractivity contribution in [2.24, 2.45) is 0 Å². The van der Waals surface area contributed by atoms with Gasteiger partial charge in [0.15, 0.2) is 5.16 Å². The highest BCUT2D eigenvalue weighted by Crippen LogP contribution is 2.31. The summed E-state index contributed by atoms with van der Waals surface area (Å²) in [7, 11) is 0. The van der Waals surface area contributed by atoms with Crippen LogP contribution in [0.15, 0.2) is 64.5 Å². The number of aromatic amines is 1. The standard InChI is InChI=1S/C21H17ClN4O3S/c22-13-7-4-8-14(9-13)23-19(28)15-10-16(27)24-18-17(15)20(29)26-21(25-18)30-11-12-5-2-1-3-6-12/h1-9,15H,10-11H2,(H,23,28)(H2,24,25,26,27,29). The molecule has 1 aliphatic heterocycles. The Morgan fingerprint density at radius 1 is 1.17 bits per heavy atom.